The molecule has 1 heterocycles. The third-order valence-corrected chi connectivity index (χ3v) is 6.86. The van der Waals surface area contributed by atoms with Crippen LogP contribution in [0.1, 0.15) is 19.3 Å². The maximum Gasteiger partial charge on any atom is 0.246 e. The molecule has 0 aliphatic carbocycles. The number of sulfonamides is 1. The standard InChI is InChI=1S/C13H17BrCl2N2O2S/c14-10-6-11(15)13(12(16)7-10)21(19,20)18-5-1-2-9(8-18)3-4-17/h6-7,9H,1-5,8,17H2. The molecule has 1 aliphatic heterocycles. The van der Waals surface area contributed by atoms with E-state index in [-0.39, 0.29) is 14.9 Å². The van der Waals surface area contributed by atoms with Gasteiger partial charge in [0.25, 0.3) is 0 Å². The summed E-state index contributed by atoms with van der Waals surface area (Å²) in [5.41, 5.74) is 5.57. The number of benzene rings is 1. The van der Waals surface area contributed by atoms with E-state index in [9.17, 15) is 8.42 Å². The van der Waals surface area contributed by atoms with Crippen molar-refractivity contribution in [3.63, 3.8) is 0 Å². The SMILES string of the molecule is NCCC1CCCN(S(=O)(=O)c2c(Cl)cc(Br)cc2Cl)C1. The zero-order chi connectivity index (χ0) is 15.6. The van der Waals surface area contributed by atoms with Gasteiger partial charge >= 0.3 is 0 Å². The summed E-state index contributed by atoms with van der Waals surface area (Å²) < 4.78 is 27.7. The molecule has 0 radical (unpaired) electrons. The van der Waals surface area contributed by atoms with E-state index in [1.54, 1.807) is 12.1 Å². The molecule has 0 saturated carbocycles. The van der Waals surface area contributed by atoms with Crippen molar-refractivity contribution >= 4 is 49.2 Å². The fraction of sp³-hybridized carbons (Fsp3) is 0.538. The number of nitrogens with two attached hydrogens (primary N) is 1. The van der Waals surface area contributed by atoms with E-state index >= 15 is 0 Å². The van der Waals surface area contributed by atoms with E-state index in [0.29, 0.717) is 30.0 Å². The number of hydrogen-bond donors (Lipinski definition) is 1. The summed E-state index contributed by atoms with van der Waals surface area (Å²) in [5, 5.41) is 0.269. The number of piperidine rings is 1. The zero-order valence-electron chi connectivity index (χ0n) is 11.4. The van der Waals surface area contributed by atoms with Gasteiger partial charge in [-0.15, -0.1) is 0 Å². The molecule has 1 aromatic carbocycles. The van der Waals surface area contributed by atoms with Crippen LogP contribution in [0.25, 0.3) is 0 Å². The first-order valence-electron chi connectivity index (χ1n) is 6.71. The Labute approximate surface area is 143 Å². The van der Waals surface area contributed by atoms with Gasteiger partial charge in [-0.3, -0.25) is 0 Å². The predicted molar refractivity (Wildman–Crippen MR) is 89.3 cm³/mol. The largest absolute Gasteiger partial charge is 0.330 e. The van der Waals surface area contributed by atoms with Crippen LogP contribution in [0, 0.1) is 5.92 Å². The Balaban J connectivity index is 2.34. The van der Waals surface area contributed by atoms with Gasteiger partial charge in [-0.25, -0.2) is 8.42 Å². The van der Waals surface area contributed by atoms with E-state index in [1.165, 1.54) is 4.31 Å². The van der Waals surface area contributed by atoms with Gasteiger partial charge in [0, 0.05) is 17.6 Å². The lowest BCUT2D eigenvalue weighted by Gasteiger charge is -2.32. The molecular formula is C13H17BrCl2N2O2S. The Morgan fingerprint density at radius 1 is 1.33 bits per heavy atom. The highest BCUT2D eigenvalue weighted by Gasteiger charge is 2.33. The van der Waals surface area contributed by atoms with Crippen molar-refractivity contribution < 1.29 is 8.42 Å². The van der Waals surface area contributed by atoms with Gasteiger partial charge in [-0.2, -0.15) is 4.31 Å². The van der Waals surface area contributed by atoms with Crippen molar-refractivity contribution in [3.05, 3.63) is 26.7 Å². The minimum Gasteiger partial charge on any atom is -0.330 e. The molecule has 1 fully saturated rings. The molecule has 1 unspecified atom stereocenters. The van der Waals surface area contributed by atoms with Crippen molar-refractivity contribution in [1.29, 1.82) is 0 Å². The van der Waals surface area contributed by atoms with Crippen LogP contribution in [-0.4, -0.2) is 32.4 Å². The monoisotopic (exact) mass is 414 g/mol. The molecule has 2 N–H and O–H groups in total. The second-order valence-electron chi connectivity index (χ2n) is 5.15. The summed E-state index contributed by atoms with van der Waals surface area (Å²) in [4.78, 5) is -0.0116. The third kappa shape index (κ3) is 3.92. The Morgan fingerprint density at radius 3 is 2.52 bits per heavy atom. The second-order valence-corrected chi connectivity index (χ2v) is 8.75. The smallest absolute Gasteiger partial charge is 0.246 e. The maximum absolute atomic E-state index is 12.8. The first-order valence-corrected chi connectivity index (χ1v) is 9.70. The van der Waals surface area contributed by atoms with Crippen molar-refractivity contribution in [1.82, 2.24) is 4.31 Å². The second kappa shape index (κ2) is 7.15. The van der Waals surface area contributed by atoms with E-state index in [0.717, 1.165) is 19.3 Å². The lowest BCUT2D eigenvalue weighted by Crippen LogP contribution is -2.40. The van der Waals surface area contributed by atoms with E-state index in [2.05, 4.69) is 15.9 Å². The van der Waals surface area contributed by atoms with Crippen LogP contribution in [0.2, 0.25) is 10.0 Å². The molecule has 1 atom stereocenters. The molecule has 1 aliphatic rings. The van der Waals surface area contributed by atoms with Crippen molar-refractivity contribution in [2.24, 2.45) is 11.7 Å². The number of rotatable bonds is 4. The number of nitrogens with zero attached hydrogens (tertiary/aromatic N) is 1. The Bertz CT molecular complexity index is 600. The molecule has 0 amide bonds. The average Bonchev–Trinajstić information content (AvgIpc) is 2.37. The first-order chi connectivity index (χ1) is 9.86. The lowest BCUT2D eigenvalue weighted by molar-refractivity contribution is 0.258. The fourth-order valence-corrected chi connectivity index (χ4v) is 6.06. The lowest BCUT2D eigenvalue weighted by atomic mass is 9.96. The van der Waals surface area contributed by atoms with Gasteiger partial charge in [0.2, 0.25) is 10.0 Å². The fourth-order valence-electron chi connectivity index (χ4n) is 2.62. The molecule has 1 aromatic rings. The highest BCUT2D eigenvalue weighted by atomic mass is 79.9. The summed E-state index contributed by atoms with van der Waals surface area (Å²) in [6.45, 7) is 1.53. The topological polar surface area (TPSA) is 63.4 Å². The highest BCUT2D eigenvalue weighted by molar-refractivity contribution is 9.10. The molecule has 0 spiro atoms. The Kier molecular flexibility index (Phi) is 5.96. The summed E-state index contributed by atoms with van der Waals surface area (Å²) in [6, 6.07) is 3.09. The Morgan fingerprint density at radius 2 is 1.95 bits per heavy atom. The predicted octanol–water partition coefficient (Wildman–Crippen LogP) is 3.51. The van der Waals surface area contributed by atoms with Gasteiger partial charge in [-0.1, -0.05) is 39.1 Å². The molecule has 118 valence electrons. The molecule has 2 rings (SSSR count). The van der Waals surface area contributed by atoms with E-state index < -0.39 is 10.0 Å². The number of halogens is 3. The minimum absolute atomic E-state index is 0.0116. The third-order valence-electron chi connectivity index (χ3n) is 3.62. The van der Waals surface area contributed by atoms with Crippen LogP contribution in [-0.2, 0) is 10.0 Å². The molecule has 21 heavy (non-hydrogen) atoms. The van der Waals surface area contributed by atoms with Crippen molar-refractivity contribution in [2.45, 2.75) is 24.2 Å². The molecule has 0 bridgehead atoms. The normalized spacial score (nSPS) is 20.7. The molecule has 8 heteroatoms. The van der Waals surface area contributed by atoms with Crippen LogP contribution in [0.3, 0.4) is 0 Å². The highest BCUT2D eigenvalue weighted by Crippen LogP contribution is 2.36. The van der Waals surface area contributed by atoms with Gasteiger partial charge in [0.05, 0.1) is 10.0 Å². The van der Waals surface area contributed by atoms with Crippen LogP contribution >= 0.6 is 39.1 Å². The van der Waals surface area contributed by atoms with Gasteiger partial charge in [-0.05, 0) is 43.9 Å². The van der Waals surface area contributed by atoms with Crippen LogP contribution < -0.4 is 5.73 Å². The van der Waals surface area contributed by atoms with Crippen molar-refractivity contribution in [3.8, 4) is 0 Å². The van der Waals surface area contributed by atoms with Gasteiger partial charge in [0.1, 0.15) is 4.90 Å². The van der Waals surface area contributed by atoms with E-state index in [4.69, 9.17) is 28.9 Å². The zero-order valence-corrected chi connectivity index (χ0v) is 15.3. The van der Waals surface area contributed by atoms with Crippen molar-refractivity contribution in [2.75, 3.05) is 19.6 Å². The van der Waals surface area contributed by atoms with Crippen LogP contribution in [0.4, 0.5) is 0 Å². The quantitative estimate of drug-likeness (QED) is 0.818. The van der Waals surface area contributed by atoms with E-state index in [1.807, 2.05) is 0 Å². The van der Waals surface area contributed by atoms with Gasteiger partial charge < -0.3 is 5.73 Å². The summed E-state index contributed by atoms with van der Waals surface area (Å²) >= 11 is 15.4. The molecule has 4 nitrogen and oxygen atoms in total. The maximum atomic E-state index is 12.8. The minimum atomic E-state index is -3.68. The molecular weight excluding hydrogens is 399 g/mol. The van der Waals surface area contributed by atoms with Gasteiger partial charge in [0.15, 0.2) is 0 Å². The molecule has 0 aromatic heterocycles. The summed E-state index contributed by atoms with van der Waals surface area (Å²) in [5.74, 6) is 0.298. The van der Waals surface area contributed by atoms with Crippen LogP contribution in [0.15, 0.2) is 21.5 Å². The average molecular weight is 416 g/mol. The Hall–Kier alpha value is 0.150. The molecule has 1 saturated heterocycles. The summed E-state index contributed by atoms with van der Waals surface area (Å²) in [7, 11) is -3.68. The van der Waals surface area contributed by atoms with Crippen LogP contribution in [0.5, 0.6) is 0 Å². The summed E-state index contributed by atoms with van der Waals surface area (Å²) in [6.07, 6.45) is 2.66. The first kappa shape index (κ1) is 17.5. The number of hydrogen-bond acceptors (Lipinski definition) is 3.